The van der Waals surface area contributed by atoms with Crippen molar-refractivity contribution >= 4 is 33.1 Å². The zero-order chi connectivity index (χ0) is 15.6. The van der Waals surface area contributed by atoms with E-state index < -0.39 is 32.2 Å². The molecule has 0 fully saturated rings. The van der Waals surface area contributed by atoms with Crippen LogP contribution >= 0.6 is 11.6 Å². The van der Waals surface area contributed by atoms with E-state index in [9.17, 15) is 23.6 Å². The van der Waals surface area contributed by atoms with Gasteiger partial charge in [0.1, 0.15) is 6.20 Å². The fourth-order valence-electron chi connectivity index (χ4n) is 1.42. The maximum atomic E-state index is 12.0. The van der Waals surface area contributed by atoms with Crippen LogP contribution in [-0.2, 0) is 10.0 Å². The molecule has 1 aromatic heterocycles. The summed E-state index contributed by atoms with van der Waals surface area (Å²) < 4.78 is 26.1. The molecule has 21 heavy (non-hydrogen) atoms. The van der Waals surface area contributed by atoms with Crippen molar-refractivity contribution in [3.05, 3.63) is 51.7 Å². The molecule has 2 N–H and O–H groups in total. The average molecular weight is 330 g/mol. The van der Waals surface area contributed by atoms with Gasteiger partial charge in [-0.2, -0.15) is 0 Å². The molecule has 0 aliphatic rings. The summed E-state index contributed by atoms with van der Waals surface area (Å²) in [7, 11) is -3.99. The lowest BCUT2D eigenvalue weighted by atomic mass is 10.4. The van der Waals surface area contributed by atoms with Gasteiger partial charge in [0.2, 0.25) is 0 Å². The summed E-state index contributed by atoms with van der Waals surface area (Å²) in [6.07, 6.45) is 0.833. The zero-order valence-electron chi connectivity index (χ0n) is 10.2. The van der Waals surface area contributed by atoms with E-state index in [4.69, 9.17) is 11.6 Å². The van der Waals surface area contributed by atoms with Crippen molar-refractivity contribution in [1.82, 2.24) is 4.98 Å². The highest BCUT2D eigenvalue weighted by atomic mass is 35.5. The van der Waals surface area contributed by atoms with Crippen molar-refractivity contribution in [2.24, 2.45) is 0 Å². The number of nitrogens with zero attached hydrogens (tertiary/aromatic N) is 2. The third-order valence-electron chi connectivity index (χ3n) is 2.42. The number of nitro groups is 1. The van der Waals surface area contributed by atoms with Crippen molar-refractivity contribution < 1.29 is 18.4 Å². The van der Waals surface area contributed by atoms with E-state index in [0.29, 0.717) is 5.02 Å². The van der Waals surface area contributed by atoms with Gasteiger partial charge in [-0.3, -0.25) is 14.8 Å². The smallest absolute Gasteiger partial charge is 0.291 e. The minimum atomic E-state index is -3.99. The Morgan fingerprint density at radius 2 is 1.90 bits per heavy atom. The Kier molecular flexibility index (Phi) is 3.96. The second-order valence-corrected chi connectivity index (χ2v) is 6.00. The zero-order valence-corrected chi connectivity index (χ0v) is 11.8. The van der Waals surface area contributed by atoms with Gasteiger partial charge in [0.05, 0.1) is 15.9 Å². The van der Waals surface area contributed by atoms with E-state index in [1.54, 1.807) is 0 Å². The fraction of sp³-hybridized carbons (Fsp3) is 0. The molecule has 0 spiro atoms. The largest absolute Gasteiger partial charge is 0.504 e. The van der Waals surface area contributed by atoms with Crippen LogP contribution in [0.4, 0.5) is 11.5 Å². The molecule has 1 heterocycles. The van der Waals surface area contributed by atoms with Gasteiger partial charge in [0, 0.05) is 5.02 Å². The predicted molar refractivity (Wildman–Crippen MR) is 74.8 cm³/mol. The van der Waals surface area contributed by atoms with E-state index in [-0.39, 0.29) is 4.90 Å². The highest BCUT2D eigenvalue weighted by Crippen LogP contribution is 2.27. The standard InChI is InChI=1S/C11H8ClN3O5S/c12-7-1-3-9(4-2-7)21(19,20)14-11-10(16)5-8(6-13-11)15(17)18/h1-6,16H,(H,13,14). The lowest BCUT2D eigenvalue weighted by molar-refractivity contribution is -0.385. The quantitative estimate of drug-likeness (QED) is 0.654. The first kappa shape index (κ1) is 15.0. The Balaban J connectivity index is 2.32. The first-order chi connectivity index (χ1) is 9.79. The fourth-order valence-corrected chi connectivity index (χ4v) is 2.57. The maximum absolute atomic E-state index is 12.0. The van der Waals surface area contributed by atoms with E-state index in [1.165, 1.54) is 24.3 Å². The van der Waals surface area contributed by atoms with Gasteiger partial charge in [-0.15, -0.1) is 0 Å². The number of nitrogens with one attached hydrogen (secondary N) is 1. The summed E-state index contributed by atoms with van der Waals surface area (Å²) >= 11 is 5.66. The summed E-state index contributed by atoms with van der Waals surface area (Å²) in [5.41, 5.74) is -0.457. The van der Waals surface area contributed by atoms with E-state index in [2.05, 4.69) is 4.98 Å². The third kappa shape index (κ3) is 3.38. The second kappa shape index (κ2) is 5.54. The summed E-state index contributed by atoms with van der Waals surface area (Å²) in [4.78, 5) is 13.2. The molecule has 0 saturated carbocycles. The van der Waals surface area contributed by atoms with Crippen LogP contribution in [0.3, 0.4) is 0 Å². The van der Waals surface area contributed by atoms with E-state index in [1.807, 2.05) is 4.72 Å². The summed E-state index contributed by atoms with van der Waals surface area (Å²) in [6.45, 7) is 0. The lowest BCUT2D eigenvalue weighted by Gasteiger charge is -2.08. The van der Waals surface area contributed by atoms with Gasteiger partial charge < -0.3 is 5.11 Å². The first-order valence-electron chi connectivity index (χ1n) is 5.41. The van der Waals surface area contributed by atoms with Crippen LogP contribution in [0.2, 0.25) is 5.02 Å². The molecule has 0 aliphatic carbocycles. The minimum absolute atomic E-state index is 0.0912. The number of benzene rings is 1. The van der Waals surface area contributed by atoms with Crippen LogP contribution in [0.15, 0.2) is 41.4 Å². The van der Waals surface area contributed by atoms with Gasteiger partial charge in [-0.05, 0) is 24.3 Å². The third-order valence-corrected chi connectivity index (χ3v) is 4.03. The normalized spacial score (nSPS) is 11.1. The molecule has 2 aromatic rings. The molecule has 110 valence electrons. The second-order valence-electron chi connectivity index (χ2n) is 3.88. The SMILES string of the molecule is O=[N+]([O-])c1cnc(NS(=O)(=O)c2ccc(Cl)cc2)c(O)c1. The molecular formula is C11H8ClN3O5S. The molecule has 2 rings (SSSR count). The number of sulfonamides is 1. The van der Waals surface area contributed by atoms with Crippen LogP contribution in [0.25, 0.3) is 0 Å². The summed E-state index contributed by atoms with van der Waals surface area (Å²) in [6, 6.07) is 6.12. The van der Waals surface area contributed by atoms with Gasteiger partial charge in [0.25, 0.3) is 15.7 Å². The van der Waals surface area contributed by atoms with Gasteiger partial charge >= 0.3 is 0 Å². The van der Waals surface area contributed by atoms with Crippen molar-refractivity contribution in [3.63, 3.8) is 0 Å². The molecule has 0 unspecified atom stereocenters. The number of anilines is 1. The lowest BCUT2D eigenvalue weighted by Crippen LogP contribution is -2.14. The Morgan fingerprint density at radius 3 is 2.43 bits per heavy atom. The molecule has 0 saturated heterocycles. The van der Waals surface area contributed by atoms with Crippen LogP contribution < -0.4 is 4.72 Å². The van der Waals surface area contributed by atoms with Gasteiger partial charge in [0.15, 0.2) is 11.6 Å². The van der Waals surface area contributed by atoms with Crippen LogP contribution in [0, 0.1) is 10.1 Å². The van der Waals surface area contributed by atoms with Crippen molar-refractivity contribution in [3.8, 4) is 5.75 Å². The monoisotopic (exact) mass is 329 g/mol. The number of halogens is 1. The molecule has 0 radical (unpaired) electrons. The van der Waals surface area contributed by atoms with Gasteiger partial charge in [-0.25, -0.2) is 13.4 Å². The Hall–Kier alpha value is -2.39. The number of aromatic hydroxyl groups is 1. The molecule has 10 heteroatoms. The first-order valence-corrected chi connectivity index (χ1v) is 7.27. The topological polar surface area (TPSA) is 122 Å². The Morgan fingerprint density at radius 1 is 1.29 bits per heavy atom. The van der Waals surface area contributed by atoms with Crippen molar-refractivity contribution in [2.75, 3.05) is 4.72 Å². The Bertz CT molecular complexity index is 792. The van der Waals surface area contributed by atoms with Crippen molar-refractivity contribution in [1.29, 1.82) is 0 Å². The average Bonchev–Trinajstić information content (AvgIpc) is 2.41. The summed E-state index contributed by atoms with van der Waals surface area (Å²) in [5, 5.41) is 20.5. The van der Waals surface area contributed by atoms with E-state index in [0.717, 1.165) is 12.3 Å². The number of hydrogen-bond acceptors (Lipinski definition) is 6. The van der Waals surface area contributed by atoms with Gasteiger partial charge in [-0.1, -0.05) is 11.6 Å². The minimum Gasteiger partial charge on any atom is -0.504 e. The van der Waals surface area contributed by atoms with Crippen LogP contribution in [-0.4, -0.2) is 23.4 Å². The number of pyridine rings is 1. The molecule has 0 bridgehead atoms. The molecule has 1 aromatic carbocycles. The number of aromatic nitrogens is 1. The molecule has 8 nitrogen and oxygen atoms in total. The molecular weight excluding hydrogens is 322 g/mol. The number of hydrogen-bond donors (Lipinski definition) is 2. The van der Waals surface area contributed by atoms with Crippen molar-refractivity contribution in [2.45, 2.75) is 4.90 Å². The van der Waals surface area contributed by atoms with Crippen LogP contribution in [0.5, 0.6) is 5.75 Å². The highest BCUT2D eigenvalue weighted by Gasteiger charge is 2.19. The predicted octanol–water partition coefficient (Wildman–Crippen LogP) is 2.15. The van der Waals surface area contributed by atoms with E-state index >= 15 is 0 Å². The van der Waals surface area contributed by atoms with Crippen LogP contribution in [0.1, 0.15) is 0 Å². The highest BCUT2D eigenvalue weighted by molar-refractivity contribution is 7.92. The molecule has 0 aliphatic heterocycles. The Labute approximate surface area is 124 Å². The molecule has 0 atom stereocenters. The number of rotatable bonds is 4. The molecule has 0 amide bonds. The summed E-state index contributed by atoms with van der Waals surface area (Å²) in [5.74, 6) is -1.06. The maximum Gasteiger partial charge on any atom is 0.291 e.